The van der Waals surface area contributed by atoms with Crippen molar-refractivity contribution in [2.75, 3.05) is 0 Å². The molecule has 2 aliphatic rings. The van der Waals surface area contributed by atoms with E-state index in [0.717, 1.165) is 12.8 Å². The van der Waals surface area contributed by atoms with Gasteiger partial charge < -0.3 is 10.4 Å². The van der Waals surface area contributed by atoms with Crippen LogP contribution in [-0.2, 0) is 9.59 Å². The molecule has 2 rings (SSSR count). The molecule has 0 bridgehead atoms. The molecule has 0 aromatic carbocycles. The van der Waals surface area contributed by atoms with Gasteiger partial charge in [0.2, 0.25) is 5.91 Å². The van der Waals surface area contributed by atoms with Crippen molar-refractivity contribution in [2.45, 2.75) is 63.6 Å². The summed E-state index contributed by atoms with van der Waals surface area (Å²) in [6.07, 6.45) is -0.706. The number of carbonyl (C=O) groups excluding carboxylic acids is 1. The number of carboxylic acid groups (broad SMARTS) is 1. The van der Waals surface area contributed by atoms with Crippen LogP contribution in [0.25, 0.3) is 0 Å². The van der Waals surface area contributed by atoms with Gasteiger partial charge in [-0.3, -0.25) is 4.79 Å². The number of amides is 1. The van der Waals surface area contributed by atoms with Crippen molar-refractivity contribution < 1.29 is 27.9 Å². The van der Waals surface area contributed by atoms with Gasteiger partial charge in [0.15, 0.2) is 0 Å². The molecule has 4 nitrogen and oxygen atoms in total. The van der Waals surface area contributed by atoms with E-state index in [9.17, 15) is 22.8 Å². The Morgan fingerprint density at radius 3 is 2.05 bits per heavy atom. The summed E-state index contributed by atoms with van der Waals surface area (Å²) in [5, 5.41) is 11.6. The lowest BCUT2D eigenvalue weighted by Gasteiger charge is -2.29. The lowest BCUT2D eigenvalue weighted by atomic mass is 9.80. The van der Waals surface area contributed by atoms with Crippen LogP contribution in [0.4, 0.5) is 13.2 Å². The number of hydrogen-bond donors (Lipinski definition) is 2. The Hall–Kier alpha value is -1.27. The van der Waals surface area contributed by atoms with Crippen molar-refractivity contribution >= 4 is 11.9 Å². The number of alkyl halides is 3. The summed E-state index contributed by atoms with van der Waals surface area (Å²) in [7, 11) is 0. The molecule has 0 aliphatic heterocycles. The predicted octanol–water partition coefficient (Wildman–Crippen LogP) is 3.11. The molecule has 0 saturated heterocycles. The van der Waals surface area contributed by atoms with Gasteiger partial charge in [0, 0.05) is 6.42 Å². The van der Waals surface area contributed by atoms with Gasteiger partial charge >= 0.3 is 12.1 Å². The zero-order chi connectivity index (χ0) is 16.3. The number of hydrogen-bond acceptors (Lipinski definition) is 2. The molecule has 0 aromatic heterocycles. The fourth-order valence-corrected chi connectivity index (χ4v) is 3.12. The maximum Gasteiger partial charge on any atom is 0.391 e. The Bertz CT molecular complexity index is 413. The first kappa shape index (κ1) is 17.1. The first-order valence-corrected chi connectivity index (χ1v) is 7.84. The minimum Gasteiger partial charge on any atom is -0.480 e. The minimum atomic E-state index is -4.15. The normalized spacial score (nSPS) is 27.2. The Morgan fingerprint density at radius 1 is 1.05 bits per heavy atom. The second-order valence-corrected chi connectivity index (χ2v) is 6.60. The minimum absolute atomic E-state index is 0.0614. The number of aliphatic carboxylic acids is 1. The van der Waals surface area contributed by atoms with Crippen molar-refractivity contribution in [3.05, 3.63) is 0 Å². The first-order chi connectivity index (χ1) is 10.3. The van der Waals surface area contributed by atoms with Crippen LogP contribution in [0.1, 0.15) is 51.4 Å². The van der Waals surface area contributed by atoms with E-state index in [1.54, 1.807) is 0 Å². The van der Waals surface area contributed by atoms with E-state index in [2.05, 4.69) is 5.32 Å². The summed E-state index contributed by atoms with van der Waals surface area (Å²) in [6.45, 7) is 0. The topological polar surface area (TPSA) is 66.4 Å². The van der Waals surface area contributed by atoms with Crippen molar-refractivity contribution in [1.82, 2.24) is 5.32 Å². The van der Waals surface area contributed by atoms with Gasteiger partial charge in [-0.25, -0.2) is 4.79 Å². The van der Waals surface area contributed by atoms with E-state index in [-0.39, 0.29) is 31.1 Å². The number of rotatable bonds is 6. The molecule has 1 unspecified atom stereocenters. The van der Waals surface area contributed by atoms with Gasteiger partial charge in [-0.05, 0) is 43.9 Å². The second kappa shape index (κ2) is 6.87. The van der Waals surface area contributed by atoms with Gasteiger partial charge in [-0.1, -0.05) is 12.8 Å². The molecule has 22 heavy (non-hydrogen) atoms. The van der Waals surface area contributed by atoms with Crippen LogP contribution in [0.15, 0.2) is 0 Å². The number of carboxylic acids is 1. The molecule has 0 aromatic rings. The van der Waals surface area contributed by atoms with Crippen molar-refractivity contribution in [1.29, 1.82) is 0 Å². The molecule has 2 N–H and O–H groups in total. The molecule has 2 aliphatic carbocycles. The molecule has 7 heteroatoms. The highest BCUT2D eigenvalue weighted by molar-refractivity contribution is 5.83. The SMILES string of the molecule is O=C(CC1CCC(C(F)(F)F)CC1)NC(CC1CC1)C(=O)O. The molecular formula is C15H22F3NO3. The lowest BCUT2D eigenvalue weighted by molar-refractivity contribution is -0.184. The highest BCUT2D eigenvalue weighted by atomic mass is 19.4. The summed E-state index contributed by atoms with van der Waals surface area (Å²) in [5.41, 5.74) is 0. The fraction of sp³-hybridized carbons (Fsp3) is 0.867. The molecule has 126 valence electrons. The standard InChI is InChI=1S/C15H22F3NO3/c16-15(17,18)11-5-3-10(4-6-11)8-13(20)19-12(14(21)22)7-9-1-2-9/h9-12H,1-8H2,(H,19,20)(H,21,22). The molecule has 1 atom stereocenters. The largest absolute Gasteiger partial charge is 0.480 e. The van der Waals surface area contributed by atoms with Gasteiger partial charge in [0.25, 0.3) is 0 Å². The maximum absolute atomic E-state index is 12.6. The maximum atomic E-state index is 12.6. The van der Waals surface area contributed by atoms with Gasteiger partial charge in [-0.15, -0.1) is 0 Å². The zero-order valence-corrected chi connectivity index (χ0v) is 12.4. The molecule has 2 fully saturated rings. The van der Waals surface area contributed by atoms with Crippen LogP contribution in [0.5, 0.6) is 0 Å². The first-order valence-electron chi connectivity index (χ1n) is 7.84. The molecule has 0 spiro atoms. The van der Waals surface area contributed by atoms with E-state index in [1.165, 1.54) is 0 Å². The lowest BCUT2D eigenvalue weighted by Crippen LogP contribution is -2.42. The number of nitrogens with one attached hydrogen (secondary N) is 1. The summed E-state index contributed by atoms with van der Waals surface area (Å²) < 4.78 is 37.7. The molecular weight excluding hydrogens is 299 g/mol. The molecule has 2 saturated carbocycles. The van der Waals surface area contributed by atoms with Crippen LogP contribution >= 0.6 is 0 Å². The van der Waals surface area contributed by atoms with Crippen molar-refractivity contribution in [2.24, 2.45) is 17.8 Å². The van der Waals surface area contributed by atoms with Gasteiger partial charge in [0.05, 0.1) is 5.92 Å². The third-order valence-electron chi connectivity index (χ3n) is 4.68. The highest BCUT2D eigenvalue weighted by Gasteiger charge is 2.41. The molecule has 1 amide bonds. The average Bonchev–Trinajstić information content (AvgIpc) is 3.21. The van der Waals surface area contributed by atoms with E-state index in [1.807, 2.05) is 0 Å². The smallest absolute Gasteiger partial charge is 0.391 e. The van der Waals surface area contributed by atoms with E-state index in [4.69, 9.17) is 5.11 Å². The number of halogens is 3. The van der Waals surface area contributed by atoms with Crippen molar-refractivity contribution in [3.63, 3.8) is 0 Å². The Morgan fingerprint density at radius 2 is 1.59 bits per heavy atom. The van der Waals surface area contributed by atoms with E-state index >= 15 is 0 Å². The average molecular weight is 321 g/mol. The highest BCUT2D eigenvalue weighted by Crippen LogP contribution is 2.40. The van der Waals surface area contributed by atoms with Gasteiger partial charge in [-0.2, -0.15) is 13.2 Å². The van der Waals surface area contributed by atoms with Crippen molar-refractivity contribution in [3.8, 4) is 0 Å². The zero-order valence-electron chi connectivity index (χ0n) is 12.4. The Labute approximate surface area is 127 Å². The predicted molar refractivity (Wildman–Crippen MR) is 73.0 cm³/mol. The van der Waals surface area contributed by atoms with Crippen LogP contribution in [0, 0.1) is 17.8 Å². The quantitative estimate of drug-likeness (QED) is 0.790. The van der Waals surface area contributed by atoms with Crippen LogP contribution in [0.3, 0.4) is 0 Å². The summed E-state index contributed by atoms with van der Waals surface area (Å²) >= 11 is 0. The number of carbonyl (C=O) groups is 2. The Kier molecular flexibility index (Phi) is 5.34. The summed E-state index contributed by atoms with van der Waals surface area (Å²) in [4.78, 5) is 23.0. The fourth-order valence-electron chi connectivity index (χ4n) is 3.12. The molecule has 0 radical (unpaired) electrons. The van der Waals surface area contributed by atoms with Gasteiger partial charge in [0.1, 0.15) is 6.04 Å². The van der Waals surface area contributed by atoms with E-state index < -0.39 is 24.1 Å². The monoisotopic (exact) mass is 321 g/mol. The van der Waals surface area contributed by atoms with Crippen LogP contribution in [0.2, 0.25) is 0 Å². The third kappa shape index (κ3) is 5.18. The Balaban J connectivity index is 1.74. The van der Waals surface area contributed by atoms with Crippen LogP contribution < -0.4 is 5.32 Å². The summed E-state index contributed by atoms with van der Waals surface area (Å²) in [5.74, 6) is -2.35. The van der Waals surface area contributed by atoms with Crippen LogP contribution in [-0.4, -0.2) is 29.2 Å². The molecule has 0 heterocycles. The summed E-state index contributed by atoms with van der Waals surface area (Å²) in [6, 6.07) is -0.869. The third-order valence-corrected chi connectivity index (χ3v) is 4.68. The second-order valence-electron chi connectivity index (χ2n) is 6.60. The van der Waals surface area contributed by atoms with E-state index in [0.29, 0.717) is 25.2 Å².